The third kappa shape index (κ3) is 3.57. The fraction of sp³-hybridized carbons (Fsp3) is 0.278. The summed E-state index contributed by atoms with van der Waals surface area (Å²) in [4.78, 5) is 12.0. The first-order valence-electron chi connectivity index (χ1n) is 7.49. The first-order chi connectivity index (χ1) is 10.7. The maximum Gasteiger partial charge on any atom is 0.314 e. The summed E-state index contributed by atoms with van der Waals surface area (Å²) in [6.07, 6.45) is 1.13. The van der Waals surface area contributed by atoms with Crippen LogP contribution in [0.1, 0.15) is 18.4 Å². The van der Waals surface area contributed by atoms with Gasteiger partial charge in [-0.25, -0.2) is 0 Å². The van der Waals surface area contributed by atoms with E-state index in [-0.39, 0.29) is 17.0 Å². The second-order valence-corrected chi connectivity index (χ2v) is 5.55. The number of halogens is 1. The maximum absolute atomic E-state index is 12.0. The second kappa shape index (κ2) is 7.62. The van der Waals surface area contributed by atoms with Crippen molar-refractivity contribution in [3.63, 3.8) is 0 Å². The summed E-state index contributed by atoms with van der Waals surface area (Å²) in [7, 11) is 0. The molecule has 4 nitrogen and oxygen atoms in total. The first kappa shape index (κ1) is 17.5. The molecule has 1 heterocycles. The van der Waals surface area contributed by atoms with Crippen molar-refractivity contribution in [3.8, 4) is 11.5 Å². The zero-order valence-corrected chi connectivity index (χ0v) is 14.4. The lowest BCUT2D eigenvalue weighted by Crippen LogP contribution is -2.45. The molecule has 0 aliphatic carbocycles. The summed E-state index contributed by atoms with van der Waals surface area (Å²) >= 11 is 0. The minimum atomic E-state index is -0.878. The molecular formula is C18H20BrNO3. The molecule has 2 aromatic rings. The van der Waals surface area contributed by atoms with Crippen molar-refractivity contribution in [2.45, 2.75) is 18.3 Å². The molecule has 0 aromatic heterocycles. The molecule has 2 N–H and O–H groups in total. The molecule has 0 unspecified atom stereocenters. The number of carbonyl (C=O) groups is 1. The lowest BCUT2D eigenvalue weighted by molar-refractivity contribution is -0.145. The van der Waals surface area contributed by atoms with Gasteiger partial charge >= 0.3 is 5.97 Å². The van der Waals surface area contributed by atoms with Gasteiger partial charge in [0.25, 0.3) is 0 Å². The van der Waals surface area contributed by atoms with E-state index < -0.39 is 11.4 Å². The van der Waals surface area contributed by atoms with E-state index in [2.05, 4.69) is 5.32 Å². The zero-order valence-electron chi connectivity index (χ0n) is 12.7. The van der Waals surface area contributed by atoms with Crippen LogP contribution in [0.25, 0.3) is 0 Å². The lowest BCUT2D eigenvalue weighted by atomic mass is 9.73. The number of benzene rings is 2. The van der Waals surface area contributed by atoms with Gasteiger partial charge in [0, 0.05) is 5.56 Å². The smallest absolute Gasteiger partial charge is 0.314 e. The normalized spacial score (nSPS) is 16.2. The SMILES string of the molecule is Br.O=C(O)C1(c2ccccc2Oc2ccccc2)CCNCC1. The predicted octanol–water partition coefficient (Wildman–Crippen LogP) is 3.76. The Morgan fingerprint density at radius 3 is 2.26 bits per heavy atom. The van der Waals surface area contributed by atoms with Gasteiger partial charge in [-0.2, -0.15) is 0 Å². The fourth-order valence-electron chi connectivity index (χ4n) is 3.02. The van der Waals surface area contributed by atoms with Gasteiger partial charge in [-0.1, -0.05) is 36.4 Å². The highest BCUT2D eigenvalue weighted by Crippen LogP contribution is 2.40. The maximum atomic E-state index is 12.0. The summed E-state index contributed by atoms with van der Waals surface area (Å²) in [5.41, 5.74) is -0.121. The highest BCUT2D eigenvalue weighted by molar-refractivity contribution is 8.93. The zero-order chi connectivity index (χ0) is 15.4. The number of carboxylic acids is 1. The highest BCUT2D eigenvalue weighted by Gasteiger charge is 2.43. The van der Waals surface area contributed by atoms with E-state index in [1.807, 2.05) is 54.6 Å². The summed E-state index contributed by atoms with van der Waals surface area (Å²) in [5.74, 6) is 0.556. The largest absolute Gasteiger partial charge is 0.481 e. The molecular weight excluding hydrogens is 358 g/mol. The van der Waals surface area contributed by atoms with Gasteiger partial charge in [0.05, 0.1) is 5.41 Å². The Labute approximate surface area is 146 Å². The first-order valence-corrected chi connectivity index (χ1v) is 7.49. The van der Waals surface area contributed by atoms with E-state index in [1.165, 1.54) is 0 Å². The lowest BCUT2D eigenvalue weighted by Gasteiger charge is -2.35. The molecule has 0 saturated carbocycles. The van der Waals surface area contributed by atoms with Crippen molar-refractivity contribution in [2.24, 2.45) is 0 Å². The predicted molar refractivity (Wildman–Crippen MR) is 94.7 cm³/mol. The summed E-state index contributed by atoms with van der Waals surface area (Å²) in [6, 6.07) is 16.9. The van der Waals surface area contributed by atoms with Gasteiger partial charge in [-0.05, 0) is 44.1 Å². The molecule has 0 spiro atoms. The topological polar surface area (TPSA) is 58.6 Å². The number of rotatable bonds is 4. The Kier molecular flexibility index (Phi) is 5.80. The minimum Gasteiger partial charge on any atom is -0.481 e. The van der Waals surface area contributed by atoms with Crippen LogP contribution in [0.2, 0.25) is 0 Å². The minimum absolute atomic E-state index is 0. The van der Waals surface area contributed by atoms with Crippen molar-refractivity contribution >= 4 is 23.0 Å². The molecule has 5 heteroatoms. The van der Waals surface area contributed by atoms with Gasteiger partial charge in [-0.15, -0.1) is 17.0 Å². The number of piperidine rings is 1. The summed E-state index contributed by atoms with van der Waals surface area (Å²) in [5, 5.41) is 13.1. The number of nitrogens with one attached hydrogen (secondary N) is 1. The van der Waals surface area contributed by atoms with E-state index >= 15 is 0 Å². The average molecular weight is 378 g/mol. The highest BCUT2D eigenvalue weighted by atomic mass is 79.9. The number of hydrogen-bond donors (Lipinski definition) is 2. The summed E-state index contributed by atoms with van der Waals surface area (Å²) < 4.78 is 5.95. The van der Waals surface area contributed by atoms with Gasteiger partial charge in [-0.3, -0.25) is 4.79 Å². The van der Waals surface area contributed by atoms with E-state index in [0.717, 1.165) is 5.56 Å². The number of ether oxygens (including phenoxy) is 1. The van der Waals surface area contributed by atoms with Crippen LogP contribution in [0, 0.1) is 0 Å². The number of carboxylic acid groups (broad SMARTS) is 1. The molecule has 1 fully saturated rings. The standard InChI is InChI=1S/C18H19NO3.BrH/c20-17(21)18(10-12-19-13-11-18)15-8-4-5-9-16(15)22-14-6-2-1-3-7-14;/h1-9,19H,10-13H2,(H,20,21);1H. The van der Waals surface area contributed by atoms with Crippen LogP contribution in [-0.2, 0) is 10.2 Å². The van der Waals surface area contributed by atoms with E-state index in [9.17, 15) is 9.90 Å². The molecule has 1 aliphatic heterocycles. The third-order valence-electron chi connectivity index (χ3n) is 4.24. The van der Waals surface area contributed by atoms with Crippen LogP contribution in [0.15, 0.2) is 54.6 Å². The Bertz CT molecular complexity index is 654. The molecule has 122 valence electrons. The molecule has 0 radical (unpaired) electrons. The van der Waals surface area contributed by atoms with Crippen molar-refractivity contribution in [3.05, 3.63) is 60.2 Å². The van der Waals surface area contributed by atoms with Crippen molar-refractivity contribution in [2.75, 3.05) is 13.1 Å². The van der Waals surface area contributed by atoms with Crippen molar-refractivity contribution in [1.29, 1.82) is 0 Å². The van der Waals surface area contributed by atoms with E-state index in [0.29, 0.717) is 37.4 Å². The quantitative estimate of drug-likeness (QED) is 0.851. The van der Waals surface area contributed by atoms with Crippen molar-refractivity contribution in [1.82, 2.24) is 5.32 Å². The summed E-state index contributed by atoms with van der Waals surface area (Å²) in [6.45, 7) is 1.40. The number of para-hydroxylation sites is 2. The monoisotopic (exact) mass is 377 g/mol. The van der Waals surface area contributed by atoms with Gasteiger partial charge in [0.15, 0.2) is 0 Å². The van der Waals surface area contributed by atoms with Gasteiger partial charge in [0.1, 0.15) is 11.5 Å². The van der Waals surface area contributed by atoms with Crippen LogP contribution in [0.4, 0.5) is 0 Å². The molecule has 1 saturated heterocycles. The number of aliphatic carboxylic acids is 1. The molecule has 0 bridgehead atoms. The average Bonchev–Trinajstić information content (AvgIpc) is 2.57. The Balaban J connectivity index is 0.00000192. The van der Waals surface area contributed by atoms with E-state index in [1.54, 1.807) is 0 Å². The van der Waals surface area contributed by atoms with Crippen LogP contribution in [0.5, 0.6) is 11.5 Å². The molecule has 0 atom stereocenters. The molecule has 23 heavy (non-hydrogen) atoms. The van der Waals surface area contributed by atoms with Gasteiger partial charge in [0.2, 0.25) is 0 Å². The van der Waals surface area contributed by atoms with E-state index in [4.69, 9.17) is 4.74 Å². The Hall–Kier alpha value is -1.85. The molecule has 0 amide bonds. The Morgan fingerprint density at radius 2 is 1.61 bits per heavy atom. The van der Waals surface area contributed by atoms with Crippen molar-refractivity contribution < 1.29 is 14.6 Å². The molecule has 2 aromatic carbocycles. The Morgan fingerprint density at radius 1 is 1.00 bits per heavy atom. The van der Waals surface area contributed by atoms with Gasteiger partial charge < -0.3 is 15.2 Å². The molecule has 3 rings (SSSR count). The fourth-order valence-corrected chi connectivity index (χ4v) is 3.02. The number of hydrogen-bond acceptors (Lipinski definition) is 3. The van der Waals surface area contributed by atoms with Crippen LogP contribution in [0.3, 0.4) is 0 Å². The van der Waals surface area contributed by atoms with Crippen LogP contribution >= 0.6 is 17.0 Å². The third-order valence-corrected chi connectivity index (χ3v) is 4.24. The van der Waals surface area contributed by atoms with Crippen LogP contribution < -0.4 is 10.1 Å². The second-order valence-electron chi connectivity index (χ2n) is 5.55. The molecule has 1 aliphatic rings. The van der Waals surface area contributed by atoms with Crippen LogP contribution in [-0.4, -0.2) is 24.2 Å².